The van der Waals surface area contributed by atoms with E-state index in [0.717, 1.165) is 25.1 Å². The van der Waals surface area contributed by atoms with Gasteiger partial charge in [0.25, 0.3) is 0 Å². The van der Waals surface area contributed by atoms with Crippen LogP contribution in [0.5, 0.6) is 0 Å². The molecule has 0 aromatic heterocycles. The average molecular weight is 282 g/mol. The van der Waals surface area contributed by atoms with Gasteiger partial charge in [-0.15, -0.1) is 0 Å². The second-order valence-corrected chi connectivity index (χ2v) is 5.18. The molecule has 0 bridgehead atoms. The summed E-state index contributed by atoms with van der Waals surface area (Å²) in [6, 6.07) is 4.35. The molecular weight excluding hydrogens is 259 g/mol. The summed E-state index contributed by atoms with van der Waals surface area (Å²) in [5.74, 6) is -0.466. The number of oxime groups is 1. The monoisotopic (exact) mass is 282 g/mol. The van der Waals surface area contributed by atoms with Crippen LogP contribution < -0.4 is 5.73 Å². The van der Waals surface area contributed by atoms with Gasteiger partial charge in [-0.05, 0) is 58.3 Å². The second-order valence-electron chi connectivity index (χ2n) is 5.18. The number of benzene rings is 1. The van der Waals surface area contributed by atoms with Gasteiger partial charge in [0.1, 0.15) is 5.82 Å². The molecule has 0 aliphatic heterocycles. The predicted molar refractivity (Wildman–Crippen MR) is 78.4 cm³/mol. The largest absolute Gasteiger partial charge is 0.409 e. The maximum atomic E-state index is 13.3. The number of amidine groups is 1. The first-order valence-corrected chi connectivity index (χ1v) is 6.53. The summed E-state index contributed by atoms with van der Waals surface area (Å²) < 4.78 is 13.3. The summed E-state index contributed by atoms with van der Waals surface area (Å²) in [5, 5.41) is 11.7. The zero-order chi connectivity index (χ0) is 15.1. The van der Waals surface area contributed by atoms with E-state index in [4.69, 9.17) is 10.9 Å². The van der Waals surface area contributed by atoms with Gasteiger partial charge in [0.05, 0.1) is 0 Å². The summed E-state index contributed by atoms with van der Waals surface area (Å²) in [7, 11) is 6.07. The van der Waals surface area contributed by atoms with E-state index in [1.54, 1.807) is 6.07 Å². The number of halogens is 1. The first-order valence-electron chi connectivity index (χ1n) is 6.53. The lowest BCUT2D eigenvalue weighted by atomic mass is 10.1. The van der Waals surface area contributed by atoms with Crippen LogP contribution in [0.2, 0.25) is 0 Å². The van der Waals surface area contributed by atoms with Crippen molar-refractivity contribution in [2.24, 2.45) is 10.9 Å². The number of hydrogen-bond acceptors (Lipinski definition) is 4. The first kappa shape index (κ1) is 16.4. The van der Waals surface area contributed by atoms with Gasteiger partial charge >= 0.3 is 0 Å². The van der Waals surface area contributed by atoms with Gasteiger partial charge in [0.2, 0.25) is 0 Å². The molecule has 0 unspecified atom stereocenters. The Morgan fingerprint density at radius 1 is 1.30 bits per heavy atom. The Hall–Kier alpha value is -1.66. The fraction of sp³-hybridized carbons (Fsp3) is 0.500. The highest BCUT2D eigenvalue weighted by Crippen LogP contribution is 2.13. The molecule has 0 spiro atoms. The minimum absolute atomic E-state index is 0.0683. The Morgan fingerprint density at radius 3 is 2.60 bits per heavy atom. The number of nitrogens with zero attached hydrogens (tertiary/aromatic N) is 3. The first-order chi connectivity index (χ1) is 9.43. The topological polar surface area (TPSA) is 65.1 Å². The smallest absolute Gasteiger partial charge is 0.170 e. The van der Waals surface area contributed by atoms with Crippen LogP contribution in [0.15, 0.2) is 23.4 Å². The molecule has 0 amide bonds. The van der Waals surface area contributed by atoms with E-state index in [-0.39, 0.29) is 5.84 Å². The quantitative estimate of drug-likeness (QED) is 0.342. The van der Waals surface area contributed by atoms with Gasteiger partial charge in [-0.25, -0.2) is 4.39 Å². The molecule has 0 saturated heterocycles. The summed E-state index contributed by atoms with van der Waals surface area (Å²) in [6.07, 6.45) is 1.05. The zero-order valence-corrected chi connectivity index (χ0v) is 12.3. The minimum Gasteiger partial charge on any atom is -0.409 e. The van der Waals surface area contributed by atoms with Crippen molar-refractivity contribution >= 4 is 5.84 Å². The molecule has 0 fully saturated rings. The van der Waals surface area contributed by atoms with E-state index in [1.165, 1.54) is 12.1 Å². The Kier molecular flexibility index (Phi) is 6.41. The minimum atomic E-state index is -0.398. The van der Waals surface area contributed by atoms with E-state index in [0.29, 0.717) is 12.1 Å². The van der Waals surface area contributed by atoms with Crippen molar-refractivity contribution in [2.75, 3.05) is 34.2 Å². The van der Waals surface area contributed by atoms with Gasteiger partial charge < -0.3 is 20.7 Å². The van der Waals surface area contributed by atoms with Gasteiger partial charge in [0.15, 0.2) is 5.84 Å². The van der Waals surface area contributed by atoms with Crippen molar-refractivity contribution in [1.82, 2.24) is 9.80 Å². The molecule has 0 atom stereocenters. The summed E-state index contributed by atoms with van der Waals surface area (Å²) in [5.41, 5.74) is 6.87. The molecule has 3 N–H and O–H groups in total. The van der Waals surface area contributed by atoms with Gasteiger partial charge in [0, 0.05) is 12.1 Å². The van der Waals surface area contributed by atoms with Crippen molar-refractivity contribution in [3.8, 4) is 0 Å². The molecule has 0 aliphatic carbocycles. The molecule has 6 heteroatoms. The molecule has 0 radical (unpaired) electrons. The Balaban J connectivity index is 2.71. The molecule has 20 heavy (non-hydrogen) atoms. The summed E-state index contributed by atoms with van der Waals surface area (Å²) in [4.78, 5) is 4.26. The van der Waals surface area contributed by atoms with Crippen molar-refractivity contribution < 1.29 is 9.60 Å². The molecule has 0 aliphatic rings. The molecule has 0 heterocycles. The third-order valence-corrected chi connectivity index (χ3v) is 3.04. The van der Waals surface area contributed by atoms with Crippen LogP contribution in [0, 0.1) is 5.82 Å². The highest BCUT2D eigenvalue weighted by Gasteiger charge is 2.10. The van der Waals surface area contributed by atoms with Gasteiger partial charge in [-0.1, -0.05) is 11.2 Å². The third kappa shape index (κ3) is 5.14. The van der Waals surface area contributed by atoms with E-state index in [2.05, 4.69) is 15.0 Å². The Morgan fingerprint density at radius 2 is 2.00 bits per heavy atom. The fourth-order valence-corrected chi connectivity index (χ4v) is 2.01. The van der Waals surface area contributed by atoms with Crippen molar-refractivity contribution in [2.45, 2.75) is 13.0 Å². The van der Waals surface area contributed by atoms with Crippen LogP contribution in [0.1, 0.15) is 17.5 Å². The molecule has 0 saturated carbocycles. The van der Waals surface area contributed by atoms with E-state index in [1.807, 2.05) is 21.1 Å². The summed E-state index contributed by atoms with van der Waals surface area (Å²) >= 11 is 0. The molecule has 1 aromatic rings. The maximum Gasteiger partial charge on any atom is 0.170 e. The maximum absolute atomic E-state index is 13.3. The second kappa shape index (κ2) is 7.81. The molecule has 5 nitrogen and oxygen atoms in total. The van der Waals surface area contributed by atoms with Crippen LogP contribution in [0.4, 0.5) is 4.39 Å². The number of nitrogens with two attached hydrogens (primary N) is 1. The average Bonchev–Trinajstić information content (AvgIpc) is 2.39. The molecule has 1 rings (SSSR count). The number of hydrogen-bond donors (Lipinski definition) is 2. The highest BCUT2D eigenvalue weighted by molar-refractivity contribution is 5.98. The van der Waals surface area contributed by atoms with Gasteiger partial charge in [-0.2, -0.15) is 0 Å². The Labute approximate surface area is 119 Å². The normalized spacial score (nSPS) is 12.4. The van der Waals surface area contributed by atoms with E-state index >= 15 is 0 Å². The standard InChI is InChI=1S/C14H23FN4O/c1-18(2)7-4-8-19(3)10-11-5-6-12(15)9-13(11)14(16)17-20/h5-6,9,20H,4,7-8,10H2,1-3H3,(H2,16,17). The SMILES string of the molecule is CN(C)CCCN(C)Cc1ccc(F)cc1C(N)=NO. The highest BCUT2D eigenvalue weighted by atomic mass is 19.1. The van der Waals surface area contributed by atoms with Crippen LogP contribution in [0.25, 0.3) is 0 Å². The fourth-order valence-electron chi connectivity index (χ4n) is 2.01. The van der Waals surface area contributed by atoms with Crippen molar-refractivity contribution in [3.05, 3.63) is 35.1 Å². The lowest BCUT2D eigenvalue weighted by molar-refractivity contribution is 0.294. The predicted octanol–water partition coefficient (Wildman–Crippen LogP) is 1.30. The zero-order valence-electron chi connectivity index (χ0n) is 12.3. The third-order valence-electron chi connectivity index (χ3n) is 3.04. The van der Waals surface area contributed by atoms with E-state index in [9.17, 15) is 4.39 Å². The Bertz CT molecular complexity index is 462. The molecule has 1 aromatic carbocycles. The molecular formula is C14H23FN4O. The van der Waals surface area contributed by atoms with Crippen LogP contribution in [0.3, 0.4) is 0 Å². The van der Waals surface area contributed by atoms with Crippen LogP contribution in [-0.2, 0) is 6.54 Å². The van der Waals surface area contributed by atoms with Crippen molar-refractivity contribution in [3.63, 3.8) is 0 Å². The lowest BCUT2D eigenvalue weighted by Gasteiger charge is -2.19. The summed E-state index contributed by atoms with van der Waals surface area (Å²) in [6.45, 7) is 2.56. The van der Waals surface area contributed by atoms with E-state index < -0.39 is 5.82 Å². The lowest BCUT2D eigenvalue weighted by Crippen LogP contribution is -2.25. The van der Waals surface area contributed by atoms with Crippen LogP contribution in [-0.4, -0.2) is 55.1 Å². The van der Waals surface area contributed by atoms with Crippen molar-refractivity contribution in [1.29, 1.82) is 0 Å². The number of rotatable bonds is 7. The molecule has 112 valence electrons. The van der Waals surface area contributed by atoms with Gasteiger partial charge in [-0.3, -0.25) is 0 Å². The van der Waals surface area contributed by atoms with Crippen LogP contribution >= 0.6 is 0 Å².